The first-order valence-corrected chi connectivity index (χ1v) is 6.37. The number of nitriles is 1. The quantitative estimate of drug-likeness (QED) is 0.902. The summed E-state index contributed by atoms with van der Waals surface area (Å²) in [7, 11) is 0. The highest BCUT2D eigenvalue weighted by Crippen LogP contribution is 2.39. The highest BCUT2D eigenvalue weighted by molar-refractivity contribution is 5.55. The monoisotopic (exact) mass is 270 g/mol. The number of hydrogen-bond donors (Lipinski definition) is 1. The molecule has 0 saturated heterocycles. The van der Waals surface area contributed by atoms with Crippen LogP contribution in [0.15, 0.2) is 42.5 Å². The summed E-state index contributed by atoms with van der Waals surface area (Å²) in [6.07, 6.45) is 1.10. The Morgan fingerprint density at radius 2 is 1.95 bits per heavy atom. The first-order valence-electron chi connectivity index (χ1n) is 6.37. The molecule has 0 radical (unpaired) electrons. The molecular formula is C16H12F2N2. The van der Waals surface area contributed by atoms with Gasteiger partial charge in [0.15, 0.2) is 5.54 Å². The van der Waals surface area contributed by atoms with Crippen molar-refractivity contribution >= 4 is 5.69 Å². The van der Waals surface area contributed by atoms with Crippen LogP contribution in [-0.2, 0) is 12.0 Å². The second-order valence-corrected chi connectivity index (χ2v) is 4.92. The van der Waals surface area contributed by atoms with Gasteiger partial charge in [0.1, 0.15) is 11.6 Å². The average molecular weight is 270 g/mol. The van der Waals surface area contributed by atoms with Crippen molar-refractivity contribution in [2.24, 2.45) is 0 Å². The molecule has 0 amide bonds. The minimum atomic E-state index is -0.995. The Hall–Kier alpha value is -2.41. The van der Waals surface area contributed by atoms with Gasteiger partial charge in [0.05, 0.1) is 11.8 Å². The Morgan fingerprint density at radius 1 is 1.15 bits per heavy atom. The second kappa shape index (κ2) is 4.61. The zero-order chi connectivity index (χ0) is 14.2. The number of benzene rings is 2. The molecule has 2 nitrogen and oxygen atoms in total. The molecular weight excluding hydrogens is 258 g/mol. The summed E-state index contributed by atoms with van der Waals surface area (Å²) >= 11 is 0. The van der Waals surface area contributed by atoms with Gasteiger partial charge in [0.25, 0.3) is 0 Å². The number of halogens is 2. The number of hydrogen-bond acceptors (Lipinski definition) is 2. The molecule has 0 bridgehead atoms. The Balaban J connectivity index is 2.04. The average Bonchev–Trinajstić information content (AvgIpc) is 2.80. The number of fused-ring (bicyclic) bond motifs is 1. The molecule has 1 atom stereocenters. The van der Waals surface area contributed by atoms with Gasteiger partial charge in [-0.15, -0.1) is 0 Å². The third-order valence-electron chi connectivity index (χ3n) is 3.71. The van der Waals surface area contributed by atoms with Gasteiger partial charge in [0.2, 0.25) is 0 Å². The molecule has 0 fully saturated rings. The largest absolute Gasteiger partial charge is 0.361 e. The number of anilines is 1. The zero-order valence-electron chi connectivity index (χ0n) is 10.7. The van der Waals surface area contributed by atoms with Crippen molar-refractivity contribution in [2.75, 3.05) is 5.32 Å². The van der Waals surface area contributed by atoms with E-state index in [9.17, 15) is 14.0 Å². The summed E-state index contributed by atoms with van der Waals surface area (Å²) in [6, 6.07) is 12.8. The molecule has 3 rings (SSSR count). The van der Waals surface area contributed by atoms with Crippen molar-refractivity contribution in [3.63, 3.8) is 0 Å². The molecule has 1 N–H and O–H groups in total. The van der Waals surface area contributed by atoms with Gasteiger partial charge in [-0.3, -0.25) is 0 Å². The molecule has 0 heterocycles. The van der Waals surface area contributed by atoms with Gasteiger partial charge in [-0.05, 0) is 48.2 Å². The van der Waals surface area contributed by atoms with Gasteiger partial charge in [-0.25, -0.2) is 8.78 Å². The highest BCUT2D eigenvalue weighted by Gasteiger charge is 2.39. The summed E-state index contributed by atoms with van der Waals surface area (Å²) in [5.74, 6) is -0.721. The predicted molar refractivity (Wildman–Crippen MR) is 72.0 cm³/mol. The third-order valence-corrected chi connectivity index (χ3v) is 3.71. The molecule has 100 valence electrons. The number of rotatable bonds is 2. The third kappa shape index (κ3) is 1.92. The van der Waals surface area contributed by atoms with Crippen molar-refractivity contribution in [1.82, 2.24) is 0 Å². The van der Waals surface area contributed by atoms with Crippen molar-refractivity contribution in [2.45, 2.75) is 18.4 Å². The summed E-state index contributed by atoms with van der Waals surface area (Å²) in [5, 5.41) is 12.5. The van der Waals surface area contributed by atoms with Gasteiger partial charge >= 0.3 is 0 Å². The van der Waals surface area contributed by atoms with Crippen molar-refractivity contribution < 1.29 is 8.78 Å². The minimum Gasteiger partial charge on any atom is -0.361 e. The van der Waals surface area contributed by atoms with Crippen LogP contribution in [0.1, 0.15) is 17.5 Å². The normalized spacial score (nSPS) is 20.2. The Bertz CT molecular complexity index is 706. The molecule has 0 aliphatic heterocycles. The Kier molecular flexibility index (Phi) is 2.90. The number of para-hydroxylation sites is 1. The highest BCUT2D eigenvalue weighted by atomic mass is 19.1. The second-order valence-electron chi connectivity index (χ2n) is 4.92. The van der Waals surface area contributed by atoms with E-state index >= 15 is 0 Å². The van der Waals surface area contributed by atoms with E-state index in [-0.39, 0.29) is 11.5 Å². The number of nitrogens with zero attached hydrogens (tertiary/aromatic N) is 1. The van der Waals surface area contributed by atoms with Gasteiger partial charge in [-0.2, -0.15) is 5.26 Å². The SMILES string of the molecule is N#CC1(Nc2ccccc2F)CCc2cc(F)ccc21. The molecule has 0 saturated carbocycles. The van der Waals surface area contributed by atoms with E-state index in [1.807, 2.05) is 0 Å². The fraction of sp³-hybridized carbons (Fsp3) is 0.188. The minimum absolute atomic E-state index is 0.284. The molecule has 0 aromatic heterocycles. The fourth-order valence-corrected chi connectivity index (χ4v) is 2.71. The standard InChI is InChI=1S/C16H12F2N2/c17-12-5-6-13-11(9-12)7-8-16(13,10-19)20-15-4-2-1-3-14(15)18/h1-6,9,20H,7-8H2. The fourth-order valence-electron chi connectivity index (χ4n) is 2.71. The molecule has 0 spiro atoms. The lowest BCUT2D eigenvalue weighted by atomic mass is 9.93. The van der Waals surface area contributed by atoms with Crippen LogP contribution in [0.25, 0.3) is 0 Å². The maximum atomic E-state index is 13.8. The lowest BCUT2D eigenvalue weighted by molar-refractivity contribution is 0.593. The molecule has 4 heteroatoms. The Morgan fingerprint density at radius 3 is 2.70 bits per heavy atom. The first-order chi connectivity index (χ1) is 9.64. The Labute approximate surface area is 115 Å². The van der Waals surface area contributed by atoms with Crippen LogP contribution < -0.4 is 5.32 Å². The van der Waals surface area contributed by atoms with E-state index in [4.69, 9.17) is 0 Å². The smallest absolute Gasteiger partial charge is 0.151 e. The molecule has 2 aromatic rings. The first kappa shape index (κ1) is 12.6. The lowest BCUT2D eigenvalue weighted by Crippen LogP contribution is -2.31. The van der Waals surface area contributed by atoms with E-state index < -0.39 is 11.4 Å². The lowest BCUT2D eigenvalue weighted by Gasteiger charge is -2.25. The van der Waals surface area contributed by atoms with Gasteiger partial charge < -0.3 is 5.32 Å². The van der Waals surface area contributed by atoms with Crippen LogP contribution in [0, 0.1) is 23.0 Å². The van der Waals surface area contributed by atoms with Crippen LogP contribution >= 0.6 is 0 Å². The molecule has 1 aliphatic rings. The topological polar surface area (TPSA) is 35.8 Å². The zero-order valence-corrected chi connectivity index (χ0v) is 10.7. The summed E-state index contributed by atoms with van der Waals surface area (Å²) < 4.78 is 27.0. The van der Waals surface area contributed by atoms with Crippen molar-refractivity contribution in [1.29, 1.82) is 5.26 Å². The maximum Gasteiger partial charge on any atom is 0.151 e. The molecule has 2 aromatic carbocycles. The van der Waals surface area contributed by atoms with Crippen molar-refractivity contribution in [3.8, 4) is 6.07 Å². The molecule has 1 aliphatic carbocycles. The molecule has 20 heavy (non-hydrogen) atoms. The van der Waals surface area contributed by atoms with Crippen LogP contribution in [0.3, 0.4) is 0 Å². The molecule has 1 unspecified atom stereocenters. The van der Waals surface area contributed by atoms with E-state index in [0.717, 1.165) is 11.1 Å². The van der Waals surface area contributed by atoms with Crippen LogP contribution in [0.2, 0.25) is 0 Å². The van der Waals surface area contributed by atoms with Gasteiger partial charge in [-0.1, -0.05) is 18.2 Å². The van der Waals surface area contributed by atoms with Crippen LogP contribution in [0.5, 0.6) is 0 Å². The van der Waals surface area contributed by atoms with Gasteiger partial charge in [0, 0.05) is 0 Å². The van der Waals surface area contributed by atoms with E-state index in [1.165, 1.54) is 18.2 Å². The summed E-state index contributed by atoms with van der Waals surface area (Å²) in [5.41, 5.74) is 0.817. The van der Waals surface area contributed by atoms with Crippen molar-refractivity contribution in [3.05, 3.63) is 65.2 Å². The number of aryl methyl sites for hydroxylation is 1. The van der Waals surface area contributed by atoms with E-state index in [1.54, 1.807) is 24.3 Å². The maximum absolute atomic E-state index is 13.8. The summed E-state index contributed by atoms with van der Waals surface area (Å²) in [4.78, 5) is 0. The number of nitrogens with one attached hydrogen (secondary N) is 1. The van der Waals surface area contributed by atoms with Crippen LogP contribution in [0.4, 0.5) is 14.5 Å². The van der Waals surface area contributed by atoms with E-state index in [2.05, 4.69) is 11.4 Å². The van der Waals surface area contributed by atoms with Crippen LogP contribution in [-0.4, -0.2) is 0 Å². The predicted octanol–water partition coefficient (Wildman–Crippen LogP) is 3.74. The van der Waals surface area contributed by atoms with E-state index in [0.29, 0.717) is 12.8 Å². The summed E-state index contributed by atoms with van der Waals surface area (Å²) in [6.45, 7) is 0.